The number of carbonyl (C=O) groups excluding carboxylic acids is 2. The average molecular weight is 591 g/mol. The first kappa shape index (κ1) is 29.1. The van der Waals surface area contributed by atoms with Crippen LogP contribution in [0.25, 0.3) is 16.5 Å². The largest absolute Gasteiger partial charge is 0.457 e. The Hall–Kier alpha value is -5.43. The molecule has 5 rings (SSSR count). The third-order valence-electron chi connectivity index (χ3n) is 6.15. The molecule has 3 amide bonds. The van der Waals surface area contributed by atoms with Gasteiger partial charge in [0.25, 0.3) is 5.91 Å². The predicted octanol–water partition coefficient (Wildman–Crippen LogP) is 6.77. The third-order valence-corrected chi connectivity index (χ3v) is 6.15. The van der Waals surface area contributed by atoms with Crippen LogP contribution in [0.15, 0.2) is 85.1 Å². The minimum Gasteiger partial charge on any atom is -0.457 e. The number of ether oxygens (including phenoxy) is 2. The second-order valence-corrected chi connectivity index (χ2v) is 9.36. The van der Waals surface area contributed by atoms with Crippen LogP contribution in [0.3, 0.4) is 0 Å². The lowest BCUT2D eigenvalue weighted by molar-refractivity contribution is -0.141. The van der Waals surface area contributed by atoms with Gasteiger partial charge in [-0.05, 0) is 37.3 Å². The molecule has 0 aliphatic rings. The zero-order chi connectivity index (χ0) is 30.6. The zero-order valence-electron chi connectivity index (χ0n) is 22.9. The van der Waals surface area contributed by atoms with Crippen LogP contribution in [0, 0.1) is 6.92 Å². The molecule has 3 aromatic carbocycles. The van der Waals surface area contributed by atoms with Crippen molar-refractivity contribution in [1.29, 1.82) is 0 Å². The highest BCUT2D eigenvalue weighted by Gasteiger charge is 2.35. The van der Waals surface area contributed by atoms with E-state index in [0.29, 0.717) is 33.6 Å². The normalized spacial score (nSPS) is 11.3. The molecule has 3 N–H and O–H groups in total. The Morgan fingerprint density at radius 3 is 2.37 bits per heavy atom. The number of anilines is 3. The summed E-state index contributed by atoms with van der Waals surface area (Å²) in [6.07, 6.45) is -3.23. The first-order valence-electron chi connectivity index (χ1n) is 12.9. The topological polar surface area (TPSA) is 119 Å². The van der Waals surface area contributed by atoms with Crippen LogP contribution in [0.4, 0.5) is 35.3 Å². The van der Waals surface area contributed by atoms with Gasteiger partial charge in [-0.2, -0.15) is 18.3 Å². The number of halogens is 3. The van der Waals surface area contributed by atoms with Gasteiger partial charge in [0, 0.05) is 36.2 Å². The molecule has 10 nitrogen and oxygen atoms in total. The van der Waals surface area contributed by atoms with Gasteiger partial charge in [-0.1, -0.05) is 42.0 Å². The Labute approximate surface area is 243 Å². The number of pyridine rings is 1. The van der Waals surface area contributed by atoms with E-state index in [1.807, 2.05) is 6.92 Å². The van der Waals surface area contributed by atoms with Gasteiger partial charge in [0.1, 0.15) is 29.7 Å². The summed E-state index contributed by atoms with van der Waals surface area (Å²) < 4.78 is 52.3. The van der Waals surface area contributed by atoms with Crippen molar-refractivity contribution in [2.24, 2.45) is 0 Å². The molecule has 5 aromatic rings. The molecule has 0 saturated carbocycles. The fourth-order valence-electron chi connectivity index (χ4n) is 4.21. The number of aromatic nitrogens is 3. The SMILES string of the molecule is COCC(=O)Nc1cc(Oc2ccc(NC(=O)Nc3cc(C(F)(F)F)nn3-c3ccc(C)cc3)c3ccccc23)ccn1. The molecule has 0 aliphatic carbocycles. The van der Waals surface area contributed by atoms with E-state index in [1.165, 1.54) is 13.3 Å². The molecule has 2 heterocycles. The first-order chi connectivity index (χ1) is 20.6. The molecule has 0 fully saturated rings. The van der Waals surface area contributed by atoms with Crippen LogP contribution in [0.1, 0.15) is 11.3 Å². The van der Waals surface area contributed by atoms with E-state index in [4.69, 9.17) is 9.47 Å². The van der Waals surface area contributed by atoms with Crippen LogP contribution in [0.5, 0.6) is 11.5 Å². The number of benzene rings is 3. The minimum absolute atomic E-state index is 0.128. The van der Waals surface area contributed by atoms with Gasteiger partial charge < -0.3 is 20.1 Å². The number of amides is 3. The van der Waals surface area contributed by atoms with Gasteiger partial charge in [-0.3, -0.25) is 10.1 Å². The lowest BCUT2D eigenvalue weighted by Gasteiger charge is -2.14. The molecule has 0 bridgehead atoms. The second-order valence-electron chi connectivity index (χ2n) is 9.36. The fraction of sp³-hybridized carbons (Fsp3) is 0.133. The van der Waals surface area contributed by atoms with Crippen molar-refractivity contribution in [3.8, 4) is 17.2 Å². The monoisotopic (exact) mass is 590 g/mol. The van der Waals surface area contributed by atoms with Crippen molar-refractivity contribution in [3.63, 3.8) is 0 Å². The maximum atomic E-state index is 13.5. The van der Waals surface area contributed by atoms with Gasteiger partial charge in [0.05, 0.1) is 11.4 Å². The number of carbonyl (C=O) groups is 2. The van der Waals surface area contributed by atoms with Crippen molar-refractivity contribution in [2.45, 2.75) is 13.1 Å². The highest BCUT2D eigenvalue weighted by atomic mass is 19.4. The Kier molecular flexibility index (Phi) is 8.25. The fourth-order valence-corrected chi connectivity index (χ4v) is 4.21. The van der Waals surface area contributed by atoms with Gasteiger partial charge in [0.15, 0.2) is 5.69 Å². The molecular formula is C30H25F3N6O4. The van der Waals surface area contributed by atoms with Crippen LogP contribution in [0.2, 0.25) is 0 Å². The Bertz CT molecular complexity index is 1790. The summed E-state index contributed by atoms with van der Waals surface area (Å²) in [5.74, 6) is 0.592. The summed E-state index contributed by atoms with van der Waals surface area (Å²) in [5, 5.41) is 12.7. The Balaban J connectivity index is 1.38. The smallest absolute Gasteiger partial charge is 0.435 e. The number of rotatable bonds is 8. The summed E-state index contributed by atoms with van der Waals surface area (Å²) >= 11 is 0. The molecule has 43 heavy (non-hydrogen) atoms. The number of nitrogens with zero attached hydrogens (tertiary/aromatic N) is 3. The van der Waals surface area contributed by atoms with Crippen LogP contribution < -0.4 is 20.7 Å². The van der Waals surface area contributed by atoms with Crippen molar-refractivity contribution in [1.82, 2.24) is 14.8 Å². The van der Waals surface area contributed by atoms with E-state index in [0.717, 1.165) is 16.3 Å². The Morgan fingerprint density at radius 1 is 0.907 bits per heavy atom. The summed E-state index contributed by atoms with van der Waals surface area (Å²) in [5.41, 5.74) is 0.505. The summed E-state index contributed by atoms with van der Waals surface area (Å²) in [6.45, 7) is 1.72. The van der Waals surface area contributed by atoms with E-state index < -0.39 is 17.9 Å². The van der Waals surface area contributed by atoms with Crippen molar-refractivity contribution >= 4 is 40.0 Å². The Morgan fingerprint density at radius 2 is 1.65 bits per heavy atom. The number of methoxy groups -OCH3 is 1. The van der Waals surface area contributed by atoms with Gasteiger partial charge in [-0.25, -0.2) is 14.5 Å². The molecule has 13 heteroatoms. The van der Waals surface area contributed by atoms with Gasteiger partial charge in [-0.15, -0.1) is 0 Å². The minimum atomic E-state index is -4.71. The van der Waals surface area contributed by atoms with E-state index >= 15 is 0 Å². The summed E-state index contributed by atoms with van der Waals surface area (Å²) in [4.78, 5) is 29.0. The van der Waals surface area contributed by atoms with Crippen molar-refractivity contribution in [3.05, 3.63) is 96.3 Å². The van der Waals surface area contributed by atoms with Crippen LogP contribution >= 0.6 is 0 Å². The average Bonchev–Trinajstić information content (AvgIpc) is 3.39. The lowest BCUT2D eigenvalue weighted by Crippen LogP contribution is -2.21. The number of fused-ring (bicyclic) bond motifs is 1. The van der Waals surface area contributed by atoms with E-state index in [9.17, 15) is 22.8 Å². The van der Waals surface area contributed by atoms with Crippen molar-refractivity contribution < 1.29 is 32.2 Å². The summed E-state index contributed by atoms with van der Waals surface area (Å²) in [6, 6.07) is 20.2. The molecule has 0 atom stereocenters. The van der Waals surface area contributed by atoms with Crippen LogP contribution in [-0.2, 0) is 15.7 Å². The molecule has 220 valence electrons. The molecule has 0 spiro atoms. The molecule has 0 radical (unpaired) electrons. The molecule has 0 aliphatic heterocycles. The maximum absolute atomic E-state index is 13.5. The van der Waals surface area contributed by atoms with Gasteiger partial charge in [0.2, 0.25) is 0 Å². The van der Waals surface area contributed by atoms with Gasteiger partial charge >= 0.3 is 12.2 Å². The number of nitrogens with one attached hydrogen (secondary N) is 3. The van der Waals surface area contributed by atoms with Crippen LogP contribution in [-0.4, -0.2) is 40.4 Å². The summed E-state index contributed by atoms with van der Waals surface area (Å²) in [7, 11) is 1.41. The molecule has 2 aromatic heterocycles. The second kappa shape index (κ2) is 12.2. The molecule has 0 unspecified atom stereocenters. The van der Waals surface area contributed by atoms with E-state index in [1.54, 1.807) is 72.8 Å². The number of hydrogen-bond donors (Lipinski definition) is 3. The number of aryl methyl sites for hydroxylation is 1. The molecular weight excluding hydrogens is 565 g/mol. The zero-order valence-corrected chi connectivity index (χ0v) is 22.9. The third kappa shape index (κ3) is 6.90. The number of urea groups is 1. The number of hydrogen-bond acceptors (Lipinski definition) is 6. The predicted molar refractivity (Wildman–Crippen MR) is 155 cm³/mol. The number of alkyl halides is 3. The maximum Gasteiger partial charge on any atom is 0.435 e. The van der Waals surface area contributed by atoms with Crippen molar-refractivity contribution in [2.75, 3.05) is 29.7 Å². The quantitative estimate of drug-likeness (QED) is 0.184. The first-order valence-corrected chi connectivity index (χ1v) is 12.9. The van der Waals surface area contributed by atoms with E-state index in [2.05, 4.69) is 26.0 Å². The lowest BCUT2D eigenvalue weighted by atomic mass is 10.1. The highest BCUT2D eigenvalue weighted by Crippen LogP contribution is 2.35. The van der Waals surface area contributed by atoms with E-state index in [-0.39, 0.29) is 24.1 Å². The molecule has 0 saturated heterocycles. The highest BCUT2D eigenvalue weighted by molar-refractivity contribution is 6.07. The standard InChI is InChI=1S/C30H25F3N6O4/c1-18-7-9-19(10-8-18)39-27(16-25(38-39)30(31,32)33)37-29(41)35-23-11-12-24(22-6-4-3-5-21(22)23)43-20-13-14-34-26(15-20)36-28(40)17-42-2/h3-16H,17H2,1-2H3,(H,34,36,40)(H2,35,37,41).